The van der Waals surface area contributed by atoms with Crippen LogP contribution >= 0.6 is 0 Å². The summed E-state index contributed by atoms with van der Waals surface area (Å²) in [7, 11) is 1.19. The molecule has 0 spiro atoms. The van der Waals surface area contributed by atoms with Crippen LogP contribution in [-0.4, -0.2) is 30.3 Å². The van der Waals surface area contributed by atoms with Gasteiger partial charge in [0.15, 0.2) is 0 Å². The molecule has 15 heavy (non-hydrogen) atoms. The number of carboxylic acids is 1. The molecule has 0 radical (unpaired) electrons. The lowest BCUT2D eigenvalue weighted by Crippen LogP contribution is -2.45. The molecule has 0 saturated carbocycles. The standard InChI is InChI=1S/C10H17NO4/c1-5-6(2)7(3)8(9(12)13)11-10(14)15-4/h7-8H,2,5H2,1,3-4H3,(H,11,14)(H,12,13)/t7?,8-/m0/s1. The zero-order valence-corrected chi connectivity index (χ0v) is 9.24. The Hall–Kier alpha value is -1.52. The number of methoxy groups -OCH3 is 1. The molecule has 86 valence electrons. The summed E-state index contributed by atoms with van der Waals surface area (Å²) in [6.07, 6.45) is -0.0773. The molecule has 0 aromatic heterocycles. The second-order valence-electron chi connectivity index (χ2n) is 3.25. The van der Waals surface area contributed by atoms with E-state index in [0.29, 0.717) is 6.42 Å². The molecule has 0 aliphatic heterocycles. The molecule has 0 heterocycles. The normalized spacial score (nSPS) is 13.8. The summed E-state index contributed by atoms with van der Waals surface area (Å²) < 4.78 is 4.35. The minimum Gasteiger partial charge on any atom is -0.480 e. The molecule has 2 N–H and O–H groups in total. The molecule has 5 nitrogen and oxygen atoms in total. The zero-order chi connectivity index (χ0) is 12.0. The predicted octanol–water partition coefficient (Wildman–Crippen LogP) is 1.40. The molecule has 0 saturated heterocycles. The Kier molecular flexibility index (Phi) is 5.44. The van der Waals surface area contributed by atoms with E-state index in [1.807, 2.05) is 6.92 Å². The summed E-state index contributed by atoms with van der Waals surface area (Å²) in [5, 5.41) is 11.2. The number of aliphatic carboxylic acids is 1. The van der Waals surface area contributed by atoms with Crippen molar-refractivity contribution in [3.05, 3.63) is 12.2 Å². The molecule has 0 aliphatic rings. The monoisotopic (exact) mass is 215 g/mol. The Bertz CT molecular complexity index is 262. The van der Waals surface area contributed by atoms with E-state index >= 15 is 0 Å². The summed E-state index contributed by atoms with van der Waals surface area (Å²) >= 11 is 0. The SMILES string of the molecule is C=C(CC)C(C)[C@H](NC(=O)OC)C(=O)O. The fourth-order valence-corrected chi connectivity index (χ4v) is 1.14. The number of hydrogen-bond acceptors (Lipinski definition) is 3. The predicted molar refractivity (Wildman–Crippen MR) is 55.6 cm³/mol. The molecule has 1 amide bonds. The molecule has 0 aliphatic carbocycles. The smallest absolute Gasteiger partial charge is 0.407 e. The third-order valence-electron chi connectivity index (χ3n) is 2.32. The number of alkyl carbamates (subject to hydrolysis) is 1. The lowest BCUT2D eigenvalue weighted by atomic mass is 9.92. The van der Waals surface area contributed by atoms with Gasteiger partial charge in [-0.2, -0.15) is 0 Å². The fraction of sp³-hybridized carbons (Fsp3) is 0.600. The third-order valence-corrected chi connectivity index (χ3v) is 2.32. The largest absolute Gasteiger partial charge is 0.480 e. The Balaban J connectivity index is 4.59. The number of rotatable bonds is 5. The summed E-state index contributed by atoms with van der Waals surface area (Å²) in [5.41, 5.74) is 0.777. The number of carbonyl (C=O) groups excluding carboxylic acids is 1. The molecule has 5 heteroatoms. The quantitative estimate of drug-likeness (QED) is 0.680. The molecule has 2 atom stereocenters. The van der Waals surface area contributed by atoms with Crippen molar-refractivity contribution >= 4 is 12.1 Å². The van der Waals surface area contributed by atoms with Crippen molar-refractivity contribution in [3.63, 3.8) is 0 Å². The van der Waals surface area contributed by atoms with Gasteiger partial charge in [-0.15, -0.1) is 0 Å². The lowest BCUT2D eigenvalue weighted by molar-refractivity contribution is -0.140. The van der Waals surface area contributed by atoms with Gasteiger partial charge in [-0.1, -0.05) is 26.0 Å². The topological polar surface area (TPSA) is 75.6 Å². The highest BCUT2D eigenvalue weighted by Crippen LogP contribution is 2.16. The van der Waals surface area contributed by atoms with Gasteiger partial charge in [0.05, 0.1) is 7.11 Å². The molecular weight excluding hydrogens is 198 g/mol. The average Bonchev–Trinajstić information content (AvgIpc) is 2.22. The van der Waals surface area contributed by atoms with Crippen LogP contribution in [0, 0.1) is 5.92 Å². The lowest BCUT2D eigenvalue weighted by Gasteiger charge is -2.21. The first kappa shape index (κ1) is 13.5. The highest BCUT2D eigenvalue weighted by atomic mass is 16.5. The molecule has 0 bridgehead atoms. The van der Waals surface area contributed by atoms with Crippen molar-refractivity contribution in [1.82, 2.24) is 5.32 Å². The number of nitrogens with one attached hydrogen (secondary N) is 1. The molecule has 0 rings (SSSR count). The summed E-state index contributed by atoms with van der Waals surface area (Å²) in [5.74, 6) is -1.42. The highest BCUT2D eigenvalue weighted by molar-refractivity contribution is 5.80. The van der Waals surface area contributed by atoms with Crippen molar-refractivity contribution < 1.29 is 19.4 Å². The Morgan fingerprint density at radius 2 is 2.07 bits per heavy atom. The van der Waals surface area contributed by atoms with Gasteiger partial charge in [0.2, 0.25) is 0 Å². The zero-order valence-electron chi connectivity index (χ0n) is 9.24. The minimum absolute atomic E-state index is 0.327. The number of amides is 1. The van der Waals surface area contributed by atoms with Gasteiger partial charge in [0.1, 0.15) is 6.04 Å². The first-order valence-corrected chi connectivity index (χ1v) is 4.69. The molecule has 1 unspecified atom stereocenters. The number of hydrogen-bond donors (Lipinski definition) is 2. The molecular formula is C10H17NO4. The van der Waals surface area contributed by atoms with Gasteiger partial charge in [0.25, 0.3) is 0 Å². The second kappa shape index (κ2) is 6.06. The summed E-state index contributed by atoms with van der Waals surface area (Å²) in [6.45, 7) is 7.35. The van der Waals surface area contributed by atoms with E-state index < -0.39 is 18.1 Å². The van der Waals surface area contributed by atoms with Crippen LogP contribution in [0.25, 0.3) is 0 Å². The van der Waals surface area contributed by atoms with Gasteiger partial charge in [-0.05, 0) is 6.42 Å². The van der Waals surface area contributed by atoms with Crippen molar-refractivity contribution in [2.24, 2.45) is 5.92 Å². The maximum atomic E-state index is 10.9. The minimum atomic E-state index is -1.09. The van der Waals surface area contributed by atoms with Crippen LogP contribution in [0.4, 0.5) is 4.79 Å². The van der Waals surface area contributed by atoms with Crippen LogP contribution in [0.5, 0.6) is 0 Å². The van der Waals surface area contributed by atoms with Crippen LogP contribution < -0.4 is 5.32 Å². The Morgan fingerprint density at radius 3 is 2.40 bits per heavy atom. The number of carbonyl (C=O) groups is 2. The Morgan fingerprint density at radius 1 is 1.53 bits per heavy atom. The van der Waals surface area contributed by atoms with E-state index in [4.69, 9.17) is 5.11 Å². The summed E-state index contributed by atoms with van der Waals surface area (Å²) in [4.78, 5) is 21.8. The maximum absolute atomic E-state index is 10.9. The van der Waals surface area contributed by atoms with E-state index in [1.54, 1.807) is 6.92 Å². The maximum Gasteiger partial charge on any atom is 0.407 e. The van der Waals surface area contributed by atoms with E-state index in [-0.39, 0.29) is 5.92 Å². The average molecular weight is 215 g/mol. The van der Waals surface area contributed by atoms with Gasteiger partial charge >= 0.3 is 12.1 Å². The molecule has 0 aromatic carbocycles. The molecule has 0 aromatic rings. The van der Waals surface area contributed by atoms with E-state index in [0.717, 1.165) is 5.57 Å². The highest BCUT2D eigenvalue weighted by Gasteiger charge is 2.27. The first-order chi connectivity index (χ1) is 6.93. The van der Waals surface area contributed by atoms with E-state index in [2.05, 4.69) is 16.6 Å². The van der Waals surface area contributed by atoms with Crippen LogP contribution in [0.2, 0.25) is 0 Å². The van der Waals surface area contributed by atoms with Crippen molar-refractivity contribution in [2.45, 2.75) is 26.3 Å². The summed E-state index contributed by atoms with van der Waals surface area (Å²) in [6, 6.07) is -0.995. The number of ether oxygens (including phenoxy) is 1. The van der Waals surface area contributed by atoms with Gasteiger partial charge in [0, 0.05) is 5.92 Å². The van der Waals surface area contributed by atoms with Crippen LogP contribution in [0.1, 0.15) is 20.3 Å². The molecule has 0 fully saturated rings. The van der Waals surface area contributed by atoms with Gasteiger partial charge < -0.3 is 15.2 Å². The van der Waals surface area contributed by atoms with Crippen LogP contribution in [0.15, 0.2) is 12.2 Å². The van der Waals surface area contributed by atoms with Crippen LogP contribution in [0.3, 0.4) is 0 Å². The van der Waals surface area contributed by atoms with E-state index in [9.17, 15) is 9.59 Å². The van der Waals surface area contributed by atoms with Gasteiger partial charge in [-0.3, -0.25) is 0 Å². The number of carboxylic acid groups (broad SMARTS) is 1. The first-order valence-electron chi connectivity index (χ1n) is 4.69. The van der Waals surface area contributed by atoms with Crippen LogP contribution in [-0.2, 0) is 9.53 Å². The fourth-order valence-electron chi connectivity index (χ4n) is 1.14. The van der Waals surface area contributed by atoms with Gasteiger partial charge in [-0.25, -0.2) is 9.59 Å². The van der Waals surface area contributed by atoms with Crippen molar-refractivity contribution in [1.29, 1.82) is 0 Å². The second-order valence-corrected chi connectivity index (χ2v) is 3.25. The Labute approximate surface area is 89.1 Å². The van der Waals surface area contributed by atoms with E-state index in [1.165, 1.54) is 7.11 Å². The third kappa shape index (κ3) is 4.01. The van der Waals surface area contributed by atoms with Crippen molar-refractivity contribution in [2.75, 3.05) is 7.11 Å². The van der Waals surface area contributed by atoms with Crippen molar-refractivity contribution in [3.8, 4) is 0 Å².